The van der Waals surface area contributed by atoms with Gasteiger partial charge in [-0.1, -0.05) is 30.7 Å². The number of alkyl halides is 2. The number of unbranched alkanes of at least 4 members (excludes halogenated alkanes) is 1. The van der Waals surface area contributed by atoms with Gasteiger partial charge in [0.2, 0.25) is 5.91 Å². The molecule has 0 spiro atoms. The highest BCUT2D eigenvalue weighted by atomic mass is 19.3. The quantitative estimate of drug-likeness (QED) is 0.317. The molecule has 4 atom stereocenters. The first-order valence-corrected chi connectivity index (χ1v) is 14.1. The molecule has 0 aromatic heterocycles. The van der Waals surface area contributed by atoms with Crippen LogP contribution in [0.15, 0.2) is 42.5 Å². The van der Waals surface area contributed by atoms with Crippen LogP contribution in [0, 0.1) is 24.1 Å². The second-order valence-corrected chi connectivity index (χ2v) is 11.5. The monoisotopic (exact) mass is 559 g/mol. The average molecular weight is 560 g/mol. The summed E-state index contributed by atoms with van der Waals surface area (Å²) < 4.78 is 43.2. The van der Waals surface area contributed by atoms with Gasteiger partial charge in [-0.15, -0.1) is 0 Å². The van der Waals surface area contributed by atoms with Crippen LogP contribution in [0.5, 0.6) is 5.75 Å². The molecule has 0 aliphatic carbocycles. The van der Waals surface area contributed by atoms with Crippen molar-refractivity contribution in [2.75, 3.05) is 40.3 Å². The fraction of sp³-hybridized carbons (Fsp3) is 0.548. The van der Waals surface area contributed by atoms with Gasteiger partial charge < -0.3 is 20.2 Å². The fourth-order valence-electron chi connectivity index (χ4n) is 6.68. The Morgan fingerprint density at radius 3 is 2.62 bits per heavy atom. The largest absolute Gasteiger partial charge is 0.508 e. The Balaban J connectivity index is 1.87. The standard InChI is InChI=1S/C31H40F3N3O3/c1-20-23(11-7-12-25(20)32)27-24(28(39)21-9-6-10-22(38)17-21)18-35-19-31(27,14-4-5-15-36(2)3)30(40)37-16-8-13-26(37)29(33)34/h6-7,9-12,17,24,26-27,29,35,38H,4-5,8,13-16,18-19H2,1-3H3/t24-,26+,27-,31+/m1/s1. The van der Waals surface area contributed by atoms with E-state index in [1.165, 1.54) is 23.1 Å². The first-order valence-electron chi connectivity index (χ1n) is 14.1. The molecule has 2 aromatic carbocycles. The molecule has 2 aromatic rings. The van der Waals surface area contributed by atoms with Crippen molar-refractivity contribution in [1.29, 1.82) is 0 Å². The topological polar surface area (TPSA) is 72.9 Å². The number of nitrogens with zero attached hydrogens (tertiary/aromatic N) is 2. The Bertz CT molecular complexity index is 1210. The van der Waals surface area contributed by atoms with Gasteiger partial charge in [0.1, 0.15) is 11.6 Å². The third kappa shape index (κ3) is 6.05. The lowest BCUT2D eigenvalue weighted by Gasteiger charge is -2.50. The molecule has 0 saturated carbocycles. The molecule has 2 fully saturated rings. The Morgan fingerprint density at radius 1 is 1.18 bits per heavy atom. The van der Waals surface area contributed by atoms with Crippen molar-refractivity contribution in [1.82, 2.24) is 15.1 Å². The molecule has 40 heavy (non-hydrogen) atoms. The molecule has 2 saturated heterocycles. The zero-order valence-electron chi connectivity index (χ0n) is 23.5. The minimum Gasteiger partial charge on any atom is -0.508 e. The highest BCUT2D eigenvalue weighted by molar-refractivity contribution is 6.00. The number of aromatic hydroxyl groups is 1. The van der Waals surface area contributed by atoms with Gasteiger partial charge in [0.05, 0.1) is 11.5 Å². The van der Waals surface area contributed by atoms with E-state index in [1.54, 1.807) is 31.2 Å². The molecule has 1 amide bonds. The van der Waals surface area contributed by atoms with Crippen molar-refractivity contribution in [2.24, 2.45) is 11.3 Å². The number of hydrogen-bond acceptors (Lipinski definition) is 5. The lowest BCUT2D eigenvalue weighted by atomic mass is 9.59. The summed E-state index contributed by atoms with van der Waals surface area (Å²) in [5.74, 6) is -2.70. The number of carbonyl (C=O) groups excluding carboxylic acids is 2. The number of nitrogens with one attached hydrogen (secondary N) is 1. The predicted octanol–water partition coefficient (Wildman–Crippen LogP) is 5.00. The molecule has 2 aliphatic rings. The summed E-state index contributed by atoms with van der Waals surface area (Å²) in [6.07, 6.45) is -0.184. The third-order valence-corrected chi connectivity index (χ3v) is 8.67. The second-order valence-electron chi connectivity index (χ2n) is 11.5. The van der Waals surface area contributed by atoms with Crippen LogP contribution in [0.3, 0.4) is 0 Å². The molecule has 218 valence electrons. The number of carbonyl (C=O) groups is 2. The molecule has 0 unspecified atom stereocenters. The van der Waals surface area contributed by atoms with Crippen LogP contribution in [0.1, 0.15) is 59.5 Å². The summed E-state index contributed by atoms with van der Waals surface area (Å²) in [5, 5.41) is 13.4. The number of piperidine rings is 1. The molecular formula is C31H40F3N3O3. The van der Waals surface area contributed by atoms with Gasteiger partial charge in [-0.3, -0.25) is 9.59 Å². The van der Waals surface area contributed by atoms with E-state index in [-0.39, 0.29) is 43.2 Å². The van der Waals surface area contributed by atoms with Gasteiger partial charge in [-0.25, -0.2) is 13.2 Å². The van der Waals surface area contributed by atoms with Crippen LogP contribution in [-0.2, 0) is 4.79 Å². The highest BCUT2D eigenvalue weighted by Gasteiger charge is 2.56. The van der Waals surface area contributed by atoms with E-state index in [9.17, 15) is 23.5 Å². The molecule has 9 heteroatoms. The normalized spacial score (nSPS) is 25.1. The summed E-state index contributed by atoms with van der Waals surface area (Å²) in [6.45, 7) is 3.09. The minimum atomic E-state index is -2.67. The van der Waals surface area contributed by atoms with Crippen molar-refractivity contribution in [2.45, 2.75) is 57.4 Å². The lowest BCUT2D eigenvalue weighted by Crippen LogP contribution is -2.61. The number of benzene rings is 2. The summed E-state index contributed by atoms with van der Waals surface area (Å²) in [6, 6.07) is 9.56. The molecule has 6 nitrogen and oxygen atoms in total. The number of amides is 1. The van der Waals surface area contributed by atoms with E-state index in [0.29, 0.717) is 30.4 Å². The first-order chi connectivity index (χ1) is 19.1. The van der Waals surface area contributed by atoms with Crippen molar-refractivity contribution in [3.63, 3.8) is 0 Å². The molecule has 4 rings (SSSR count). The van der Waals surface area contributed by atoms with E-state index in [1.807, 2.05) is 19.0 Å². The molecule has 2 heterocycles. The fourth-order valence-corrected chi connectivity index (χ4v) is 6.68. The van der Waals surface area contributed by atoms with Crippen LogP contribution >= 0.6 is 0 Å². The average Bonchev–Trinajstić information content (AvgIpc) is 3.42. The van der Waals surface area contributed by atoms with E-state index in [0.717, 1.165) is 13.0 Å². The van der Waals surface area contributed by atoms with E-state index in [4.69, 9.17) is 0 Å². The number of likely N-dealkylation sites (tertiary alicyclic amines) is 1. The van der Waals surface area contributed by atoms with Gasteiger partial charge in [-0.2, -0.15) is 0 Å². The Kier molecular flexibility index (Phi) is 9.56. The summed E-state index contributed by atoms with van der Waals surface area (Å²) in [7, 11) is 3.92. The molecular weight excluding hydrogens is 519 g/mol. The maximum Gasteiger partial charge on any atom is 0.258 e. The number of phenols is 1. The van der Waals surface area contributed by atoms with Gasteiger partial charge >= 0.3 is 0 Å². The molecule has 0 radical (unpaired) electrons. The van der Waals surface area contributed by atoms with Crippen molar-refractivity contribution in [3.8, 4) is 5.75 Å². The van der Waals surface area contributed by atoms with Gasteiger partial charge in [0.15, 0.2) is 5.78 Å². The van der Waals surface area contributed by atoms with Crippen molar-refractivity contribution in [3.05, 3.63) is 65.0 Å². The molecule has 0 bridgehead atoms. The third-order valence-electron chi connectivity index (χ3n) is 8.67. The van der Waals surface area contributed by atoms with Gasteiger partial charge in [0, 0.05) is 37.0 Å². The highest BCUT2D eigenvalue weighted by Crippen LogP contribution is 2.51. The van der Waals surface area contributed by atoms with E-state index < -0.39 is 41.4 Å². The predicted molar refractivity (Wildman–Crippen MR) is 148 cm³/mol. The number of rotatable bonds is 10. The van der Waals surface area contributed by atoms with Gasteiger partial charge in [-0.05, 0) is 82.6 Å². The van der Waals surface area contributed by atoms with Crippen LogP contribution in [-0.4, -0.2) is 79.3 Å². The first kappa shape index (κ1) is 30.1. The van der Waals surface area contributed by atoms with Crippen LogP contribution in [0.25, 0.3) is 0 Å². The van der Waals surface area contributed by atoms with Crippen LogP contribution in [0.2, 0.25) is 0 Å². The number of hydrogen-bond donors (Lipinski definition) is 2. The number of Topliss-reactive ketones (excluding diaryl/α,β-unsaturated/α-hetero) is 1. The maximum absolute atomic E-state index is 15.0. The SMILES string of the molecule is Cc1c(F)cccc1[C@@H]1[C@H](C(=O)c2cccc(O)c2)CNC[C@]1(CCCCN(C)C)C(=O)N1CCC[C@H]1C(F)F. The van der Waals surface area contributed by atoms with E-state index in [2.05, 4.69) is 5.32 Å². The zero-order chi connectivity index (χ0) is 29.0. The smallest absolute Gasteiger partial charge is 0.258 e. The van der Waals surface area contributed by atoms with Crippen molar-refractivity contribution >= 4 is 11.7 Å². The Hall–Kier alpha value is -2.91. The van der Waals surface area contributed by atoms with Crippen LogP contribution < -0.4 is 5.32 Å². The maximum atomic E-state index is 15.0. The Morgan fingerprint density at radius 2 is 1.93 bits per heavy atom. The summed E-state index contributed by atoms with van der Waals surface area (Å²) >= 11 is 0. The number of halogens is 3. The number of phenolic OH excluding ortho intramolecular Hbond substituents is 1. The number of ketones is 1. The minimum absolute atomic E-state index is 0.0593. The zero-order valence-corrected chi connectivity index (χ0v) is 23.5. The summed E-state index contributed by atoms with van der Waals surface area (Å²) in [5.41, 5.74) is -0.0555. The van der Waals surface area contributed by atoms with Crippen LogP contribution in [0.4, 0.5) is 13.2 Å². The van der Waals surface area contributed by atoms with Crippen molar-refractivity contribution < 1.29 is 27.9 Å². The van der Waals surface area contributed by atoms with Gasteiger partial charge in [0.25, 0.3) is 6.43 Å². The molecule has 2 aliphatic heterocycles. The summed E-state index contributed by atoms with van der Waals surface area (Å²) in [4.78, 5) is 32.0. The molecule has 2 N–H and O–H groups in total. The Labute approximate surface area is 234 Å². The second kappa shape index (κ2) is 12.7. The lowest BCUT2D eigenvalue weighted by molar-refractivity contribution is -0.150. The van der Waals surface area contributed by atoms with E-state index >= 15 is 4.39 Å².